The fourth-order valence-electron chi connectivity index (χ4n) is 3.11. The number of hydrogen-bond donors (Lipinski definition) is 4. The van der Waals surface area contributed by atoms with Gasteiger partial charge in [0.1, 0.15) is 11.4 Å². The van der Waals surface area contributed by atoms with Gasteiger partial charge in [0.2, 0.25) is 0 Å². The molecule has 0 spiro atoms. The lowest BCUT2D eigenvalue weighted by Gasteiger charge is -2.06. The molecule has 2 amide bonds. The first-order valence-electron chi connectivity index (χ1n) is 9.95. The summed E-state index contributed by atoms with van der Waals surface area (Å²) < 4.78 is 2.65. The Labute approximate surface area is 186 Å². The van der Waals surface area contributed by atoms with Crippen LogP contribution in [0.15, 0.2) is 85.2 Å². The predicted octanol–water partition coefficient (Wildman–Crippen LogP) is 3.53. The summed E-state index contributed by atoms with van der Waals surface area (Å²) in [6, 6.07) is 22.2. The van der Waals surface area contributed by atoms with Crippen LogP contribution in [0.1, 0.15) is 32.1 Å². The van der Waals surface area contributed by atoms with Gasteiger partial charge in [0, 0.05) is 23.8 Å². The van der Waals surface area contributed by atoms with Gasteiger partial charge in [-0.2, -0.15) is 0 Å². The number of nitrogens with two attached hydrogens (primary N) is 2. The Hall–Kier alpha value is -4.46. The summed E-state index contributed by atoms with van der Waals surface area (Å²) >= 11 is 0. The molecule has 0 fully saturated rings. The molecule has 4 rings (SSSR count). The van der Waals surface area contributed by atoms with E-state index in [2.05, 4.69) is 10.6 Å². The molecule has 2 heterocycles. The first kappa shape index (κ1) is 22.2. The number of aryl methyl sites for hydroxylation is 2. The summed E-state index contributed by atoms with van der Waals surface area (Å²) in [5, 5.41) is 5.57. The molecule has 0 unspecified atom stereocenters. The van der Waals surface area contributed by atoms with E-state index in [-0.39, 0.29) is 11.8 Å². The summed E-state index contributed by atoms with van der Waals surface area (Å²) in [4.78, 5) is 23.8. The Bertz CT molecular complexity index is 1060. The molecule has 4 aromatic rings. The molecule has 0 aliphatic rings. The lowest BCUT2D eigenvalue weighted by Crippen LogP contribution is -2.21. The number of carbonyl (C=O) groups is 2. The number of nitrogens with zero attached hydrogens (tertiary/aromatic N) is 2. The largest absolute Gasteiger partial charge is 0.339 e. The van der Waals surface area contributed by atoms with Crippen LogP contribution in [-0.4, -0.2) is 21.2 Å². The van der Waals surface area contributed by atoms with Gasteiger partial charge in [-0.25, -0.2) is 0 Å². The van der Waals surface area contributed by atoms with Gasteiger partial charge in [-0.1, -0.05) is 36.4 Å². The lowest BCUT2D eigenvalue weighted by molar-refractivity contribution is 0.101. The molecular weight excluding hydrogens is 404 g/mol. The van der Waals surface area contributed by atoms with Crippen LogP contribution in [0.5, 0.6) is 0 Å². The Kier molecular flexibility index (Phi) is 6.97. The van der Waals surface area contributed by atoms with Gasteiger partial charge in [-0.15, -0.1) is 0 Å². The van der Waals surface area contributed by atoms with Crippen LogP contribution in [-0.2, 0) is 0 Å². The normalized spacial score (nSPS) is 10.1. The Morgan fingerprint density at radius 2 is 0.969 bits per heavy atom. The number of benzene rings is 2. The highest BCUT2D eigenvalue weighted by molar-refractivity contribution is 6.04. The van der Waals surface area contributed by atoms with Crippen molar-refractivity contribution in [3.63, 3.8) is 0 Å². The summed E-state index contributed by atoms with van der Waals surface area (Å²) in [5.74, 6) is 10.9. The quantitative estimate of drug-likeness (QED) is 0.370. The zero-order valence-electron chi connectivity index (χ0n) is 17.9. The molecule has 8 nitrogen and oxygen atoms in total. The molecule has 2 aromatic heterocycles. The fraction of sp³-hybridized carbons (Fsp3) is 0.0833. The van der Waals surface area contributed by atoms with Crippen molar-refractivity contribution in [3.8, 4) is 0 Å². The zero-order valence-corrected chi connectivity index (χ0v) is 17.9. The van der Waals surface area contributed by atoms with Gasteiger partial charge in [0.25, 0.3) is 11.8 Å². The molecule has 0 bridgehead atoms. The molecule has 2 aromatic carbocycles. The number of amides is 2. The van der Waals surface area contributed by atoms with Gasteiger partial charge < -0.3 is 22.3 Å². The number of anilines is 2. The average molecular weight is 431 g/mol. The first-order chi connectivity index (χ1) is 15.4. The number of nitrogen functional groups attached to an aromatic ring is 2. The highest BCUT2D eigenvalue weighted by atomic mass is 16.2. The van der Waals surface area contributed by atoms with E-state index in [1.807, 2.05) is 74.5 Å². The van der Waals surface area contributed by atoms with Crippen molar-refractivity contribution in [1.82, 2.24) is 9.35 Å². The minimum Gasteiger partial charge on any atom is -0.339 e. The highest BCUT2D eigenvalue weighted by Crippen LogP contribution is 2.12. The van der Waals surface area contributed by atoms with Crippen LogP contribution in [0, 0.1) is 13.8 Å². The van der Waals surface area contributed by atoms with Crippen LogP contribution in [0.4, 0.5) is 11.4 Å². The van der Waals surface area contributed by atoms with Gasteiger partial charge in [0.05, 0.1) is 0 Å². The third-order valence-corrected chi connectivity index (χ3v) is 4.73. The van der Waals surface area contributed by atoms with Crippen molar-refractivity contribution < 1.29 is 9.59 Å². The number of rotatable bonds is 4. The Morgan fingerprint density at radius 3 is 1.25 bits per heavy atom. The van der Waals surface area contributed by atoms with E-state index in [0.717, 1.165) is 22.5 Å². The highest BCUT2D eigenvalue weighted by Gasteiger charge is 2.14. The van der Waals surface area contributed by atoms with Gasteiger partial charge in [0.15, 0.2) is 0 Å². The maximum atomic E-state index is 11.9. The minimum absolute atomic E-state index is 0.198. The summed E-state index contributed by atoms with van der Waals surface area (Å²) in [7, 11) is 0. The molecule has 0 aliphatic carbocycles. The van der Waals surface area contributed by atoms with E-state index < -0.39 is 0 Å². The van der Waals surface area contributed by atoms with Gasteiger partial charge in [-0.05, 0) is 61.4 Å². The van der Waals surface area contributed by atoms with E-state index >= 15 is 0 Å². The van der Waals surface area contributed by atoms with E-state index in [1.165, 1.54) is 9.35 Å². The Balaban J connectivity index is 0.000000181. The maximum Gasteiger partial charge on any atom is 0.274 e. The van der Waals surface area contributed by atoms with E-state index in [9.17, 15) is 9.59 Å². The van der Waals surface area contributed by atoms with Crippen molar-refractivity contribution >= 4 is 23.2 Å². The van der Waals surface area contributed by atoms with E-state index in [1.54, 1.807) is 24.5 Å². The number of para-hydroxylation sites is 2. The van der Waals surface area contributed by atoms with Crippen LogP contribution in [0.2, 0.25) is 0 Å². The number of carbonyl (C=O) groups excluding carboxylic acids is 2. The van der Waals surface area contributed by atoms with Crippen molar-refractivity contribution in [1.29, 1.82) is 0 Å². The molecule has 0 aliphatic heterocycles. The SMILES string of the molecule is Cc1ccn(N)c1C(=O)Nc1ccccc1.Cc1ccn(N)c1C(=O)Nc1ccccc1. The minimum atomic E-state index is -0.198. The van der Waals surface area contributed by atoms with Crippen LogP contribution in [0.25, 0.3) is 0 Å². The van der Waals surface area contributed by atoms with Crippen molar-refractivity contribution in [2.75, 3.05) is 22.3 Å². The molecule has 6 N–H and O–H groups in total. The smallest absolute Gasteiger partial charge is 0.274 e. The molecule has 0 saturated heterocycles. The van der Waals surface area contributed by atoms with Crippen molar-refractivity contribution in [2.45, 2.75) is 13.8 Å². The third kappa shape index (κ3) is 5.37. The molecule has 164 valence electrons. The monoisotopic (exact) mass is 430 g/mol. The molecular formula is C24H26N6O2. The lowest BCUT2D eigenvalue weighted by atomic mass is 10.2. The standard InChI is InChI=1S/2C12H13N3O/c2*1-9-7-8-15(13)11(9)12(16)14-10-5-3-2-4-6-10/h2*2-8H,13H2,1H3,(H,14,16). The van der Waals surface area contributed by atoms with E-state index in [0.29, 0.717) is 11.4 Å². The first-order valence-corrected chi connectivity index (χ1v) is 9.95. The molecule has 0 radical (unpaired) electrons. The van der Waals surface area contributed by atoms with Crippen molar-refractivity contribution in [2.24, 2.45) is 0 Å². The third-order valence-electron chi connectivity index (χ3n) is 4.73. The zero-order chi connectivity index (χ0) is 23.1. The second kappa shape index (κ2) is 10.0. The van der Waals surface area contributed by atoms with Gasteiger partial charge >= 0.3 is 0 Å². The van der Waals surface area contributed by atoms with Crippen LogP contribution in [0.3, 0.4) is 0 Å². The summed E-state index contributed by atoms with van der Waals surface area (Å²) in [6.07, 6.45) is 3.32. The van der Waals surface area contributed by atoms with Gasteiger partial charge in [-0.3, -0.25) is 18.9 Å². The van der Waals surface area contributed by atoms with Crippen molar-refractivity contribution in [3.05, 3.63) is 108 Å². The Morgan fingerprint density at radius 1 is 0.625 bits per heavy atom. The topological polar surface area (TPSA) is 120 Å². The molecule has 0 saturated carbocycles. The molecule has 32 heavy (non-hydrogen) atoms. The average Bonchev–Trinajstić information content (AvgIpc) is 3.30. The summed E-state index contributed by atoms with van der Waals surface area (Å²) in [5.41, 5.74) is 4.18. The maximum absolute atomic E-state index is 11.9. The van der Waals surface area contributed by atoms with Crippen LogP contribution < -0.4 is 22.3 Å². The number of aromatic nitrogens is 2. The number of nitrogens with one attached hydrogen (secondary N) is 2. The second-order valence-corrected chi connectivity index (χ2v) is 7.15. The second-order valence-electron chi connectivity index (χ2n) is 7.15. The number of hydrogen-bond acceptors (Lipinski definition) is 4. The molecule has 0 atom stereocenters. The molecule has 8 heteroatoms. The summed E-state index contributed by atoms with van der Waals surface area (Å²) in [6.45, 7) is 3.70. The van der Waals surface area contributed by atoms with E-state index in [4.69, 9.17) is 11.7 Å². The predicted molar refractivity (Wildman–Crippen MR) is 127 cm³/mol. The fourth-order valence-corrected chi connectivity index (χ4v) is 3.11. The van der Waals surface area contributed by atoms with Crippen LogP contribution >= 0.6 is 0 Å².